The zero-order valence-electron chi connectivity index (χ0n) is 12.8. The van der Waals surface area contributed by atoms with E-state index in [4.69, 9.17) is 9.15 Å². The second kappa shape index (κ2) is 5.93. The van der Waals surface area contributed by atoms with Crippen molar-refractivity contribution in [3.63, 3.8) is 0 Å². The number of hydrogen-bond acceptors (Lipinski definition) is 4. The summed E-state index contributed by atoms with van der Waals surface area (Å²) < 4.78 is 10.9. The zero-order chi connectivity index (χ0) is 15.7. The van der Waals surface area contributed by atoms with Gasteiger partial charge in [0.05, 0.1) is 19.6 Å². The largest absolute Gasteiger partial charge is 0.453 e. The fraction of sp³-hybridized carbons (Fsp3) is 0.412. The van der Waals surface area contributed by atoms with Crippen LogP contribution in [0, 0.1) is 6.92 Å². The normalized spacial score (nSPS) is 15.3. The fourth-order valence-electron chi connectivity index (χ4n) is 2.79. The van der Waals surface area contributed by atoms with Crippen LogP contribution in [0.3, 0.4) is 0 Å². The van der Waals surface area contributed by atoms with Gasteiger partial charge in [-0.3, -0.25) is 9.59 Å². The minimum absolute atomic E-state index is 0.00840. The maximum Gasteiger partial charge on any atom is 0.227 e. The molecule has 0 atom stereocenters. The molecule has 1 amide bonds. The molecule has 1 fully saturated rings. The van der Waals surface area contributed by atoms with Crippen molar-refractivity contribution in [2.45, 2.75) is 20.3 Å². The Hall–Kier alpha value is -2.14. The number of ketones is 1. The second-order valence-corrected chi connectivity index (χ2v) is 5.64. The predicted octanol–water partition coefficient (Wildman–Crippen LogP) is 2.35. The molecule has 0 unspecified atom stereocenters. The van der Waals surface area contributed by atoms with E-state index < -0.39 is 0 Å². The molecule has 5 heteroatoms. The van der Waals surface area contributed by atoms with Gasteiger partial charge in [0.1, 0.15) is 5.58 Å². The number of benzene rings is 1. The Labute approximate surface area is 128 Å². The molecule has 2 heterocycles. The molecule has 22 heavy (non-hydrogen) atoms. The van der Waals surface area contributed by atoms with E-state index in [2.05, 4.69) is 0 Å². The maximum atomic E-state index is 12.5. The van der Waals surface area contributed by atoms with Gasteiger partial charge in [-0.1, -0.05) is 12.1 Å². The van der Waals surface area contributed by atoms with Crippen molar-refractivity contribution in [2.24, 2.45) is 0 Å². The van der Waals surface area contributed by atoms with Crippen LogP contribution < -0.4 is 0 Å². The number of amides is 1. The first-order valence-electron chi connectivity index (χ1n) is 7.45. The van der Waals surface area contributed by atoms with Crippen LogP contribution >= 0.6 is 0 Å². The lowest BCUT2D eigenvalue weighted by Crippen LogP contribution is -2.41. The molecule has 0 N–H and O–H groups in total. The second-order valence-electron chi connectivity index (χ2n) is 5.64. The third kappa shape index (κ3) is 2.76. The summed E-state index contributed by atoms with van der Waals surface area (Å²) >= 11 is 0. The van der Waals surface area contributed by atoms with E-state index in [-0.39, 0.29) is 18.1 Å². The zero-order valence-corrected chi connectivity index (χ0v) is 12.8. The van der Waals surface area contributed by atoms with Crippen LogP contribution in [-0.2, 0) is 16.0 Å². The summed E-state index contributed by atoms with van der Waals surface area (Å²) in [5.41, 5.74) is 2.41. The predicted molar refractivity (Wildman–Crippen MR) is 82.1 cm³/mol. The standard InChI is InChI=1S/C17H19NO4/c1-11-3-4-13-14(17(12(2)19)22-15(13)9-11)10-16(20)18-5-7-21-8-6-18/h3-4,9H,5-8,10H2,1-2H3. The Morgan fingerprint density at radius 2 is 1.95 bits per heavy atom. The van der Waals surface area contributed by atoms with Gasteiger partial charge in [-0.25, -0.2) is 0 Å². The first kappa shape index (κ1) is 14.8. The molecule has 1 aromatic heterocycles. The van der Waals surface area contributed by atoms with E-state index >= 15 is 0 Å². The number of aryl methyl sites for hydroxylation is 1. The minimum atomic E-state index is -0.154. The van der Waals surface area contributed by atoms with Crippen LogP contribution in [0.4, 0.5) is 0 Å². The monoisotopic (exact) mass is 301 g/mol. The van der Waals surface area contributed by atoms with Crippen molar-refractivity contribution < 1.29 is 18.7 Å². The van der Waals surface area contributed by atoms with Crippen LogP contribution in [0.2, 0.25) is 0 Å². The summed E-state index contributed by atoms with van der Waals surface area (Å²) in [6.45, 7) is 5.76. The van der Waals surface area contributed by atoms with Gasteiger partial charge in [0.2, 0.25) is 5.91 Å². The number of rotatable bonds is 3. The lowest BCUT2D eigenvalue weighted by Gasteiger charge is -2.26. The first-order chi connectivity index (χ1) is 10.6. The van der Waals surface area contributed by atoms with Crippen LogP contribution in [-0.4, -0.2) is 42.9 Å². The molecule has 5 nitrogen and oxygen atoms in total. The van der Waals surface area contributed by atoms with Gasteiger partial charge < -0.3 is 14.1 Å². The number of fused-ring (bicyclic) bond motifs is 1. The SMILES string of the molecule is CC(=O)c1oc2cc(C)ccc2c1CC(=O)N1CCOCC1. The van der Waals surface area contributed by atoms with E-state index in [1.165, 1.54) is 6.92 Å². The fourth-order valence-corrected chi connectivity index (χ4v) is 2.79. The number of hydrogen-bond donors (Lipinski definition) is 0. The molecule has 0 radical (unpaired) electrons. The average molecular weight is 301 g/mol. The minimum Gasteiger partial charge on any atom is -0.453 e. The topological polar surface area (TPSA) is 59.8 Å². The Morgan fingerprint density at radius 1 is 1.23 bits per heavy atom. The molecule has 0 aliphatic carbocycles. The number of morpholine rings is 1. The molecule has 116 valence electrons. The van der Waals surface area contributed by atoms with Gasteiger partial charge in [0.15, 0.2) is 11.5 Å². The molecule has 3 rings (SSSR count). The van der Waals surface area contributed by atoms with Gasteiger partial charge in [-0.15, -0.1) is 0 Å². The summed E-state index contributed by atoms with van der Waals surface area (Å²) in [6.07, 6.45) is 0.185. The molecule has 0 saturated carbocycles. The third-order valence-electron chi connectivity index (χ3n) is 3.96. The number of ether oxygens (including phenoxy) is 1. The van der Waals surface area contributed by atoms with Crippen molar-refractivity contribution in [1.29, 1.82) is 0 Å². The Morgan fingerprint density at radius 3 is 2.64 bits per heavy atom. The van der Waals surface area contributed by atoms with E-state index in [9.17, 15) is 9.59 Å². The maximum absolute atomic E-state index is 12.5. The molecular formula is C17H19NO4. The number of nitrogens with zero attached hydrogens (tertiary/aromatic N) is 1. The Balaban J connectivity index is 1.95. The Kier molecular flexibility index (Phi) is 3.98. The van der Waals surface area contributed by atoms with Crippen LogP contribution in [0.25, 0.3) is 11.0 Å². The number of furan rings is 1. The number of carbonyl (C=O) groups excluding carboxylic acids is 2. The van der Waals surface area contributed by atoms with Gasteiger partial charge in [0, 0.05) is 31.0 Å². The van der Waals surface area contributed by atoms with Crippen molar-refractivity contribution in [3.8, 4) is 0 Å². The lowest BCUT2D eigenvalue weighted by molar-refractivity contribution is -0.134. The molecule has 1 saturated heterocycles. The van der Waals surface area contributed by atoms with E-state index in [0.717, 1.165) is 10.9 Å². The summed E-state index contributed by atoms with van der Waals surface area (Å²) in [6, 6.07) is 5.78. The molecule has 0 spiro atoms. The number of Topliss-reactive ketones (excluding diaryl/α,β-unsaturated/α-hetero) is 1. The first-order valence-corrected chi connectivity index (χ1v) is 7.45. The highest BCUT2D eigenvalue weighted by Gasteiger charge is 2.23. The van der Waals surface area contributed by atoms with Gasteiger partial charge in [0.25, 0.3) is 0 Å². The van der Waals surface area contributed by atoms with Crippen molar-refractivity contribution >= 4 is 22.7 Å². The van der Waals surface area contributed by atoms with E-state index in [0.29, 0.717) is 43.2 Å². The summed E-state index contributed by atoms with van der Waals surface area (Å²) in [5, 5.41) is 0.845. The summed E-state index contributed by atoms with van der Waals surface area (Å²) in [5.74, 6) is 0.148. The Bertz CT molecular complexity index is 726. The smallest absolute Gasteiger partial charge is 0.227 e. The highest BCUT2D eigenvalue weighted by Crippen LogP contribution is 2.28. The molecule has 1 aliphatic rings. The van der Waals surface area contributed by atoms with Crippen molar-refractivity contribution in [2.75, 3.05) is 26.3 Å². The molecular weight excluding hydrogens is 282 g/mol. The van der Waals surface area contributed by atoms with Crippen LogP contribution in [0.15, 0.2) is 22.6 Å². The van der Waals surface area contributed by atoms with Crippen LogP contribution in [0.5, 0.6) is 0 Å². The molecule has 2 aromatic rings. The molecule has 1 aromatic carbocycles. The van der Waals surface area contributed by atoms with Gasteiger partial charge in [-0.05, 0) is 18.6 Å². The third-order valence-corrected chi connectivity index (χ3v) is 3.96. The number of carbonyl (C=O) groups is 2. The quantitative estimate of drug-likeness (QED) is 0.817. The van der Waals surface area contributed by atoms with Crippen molar-refractivity contribution in [3.05, 3.63) is 35.1 Å². The molecule has 0 bridgehead atoms. The van der Waals surface area contributed by atoms with Gasteiger partial charge >= 0.3 is 0 Å². The average Bonchev–Trinajstić information content (AvgIpc) is 2.86. The van der Waals surface area contributed by atoms with Crippen LogP contribution in [0.1, 0.15) is 28.6 Å². The summed E-state index contributed by atoms with van der Waals surface area (Å²) in [7, 11) is 0. The van der Waals surface area contributed by atoms with E-state index in [1.54, 1.807) is 4.90 Å². The van der Waals surface area contributed by atoms with E-state index in [1.807, 2.05) is 25.1 Å². The summed E-state index contributed by atoms with van der Waals surface area (Å²) in [4.78, 5) is 26.1. The van der Waals surface area contributed by atoms with Crippen molar-refractivity contribution in [1.82, 2.24) is 4.90 Å². The lowest BCUT2D eigenvalue weighted by atomic mass is 10.0. The molecule has 1 aliphatic heterocycles. The highest BCUT2D eigenvalue weighted by molar-refractivity contribution is 6.01. The highest BCUT2D eigenvalue weighted by atomic mass is 16.5. The van der Waals surface area contributed by atoms with Gasteiger partial charge in [-0.2, -0.15) is 0 Å².